The minimum atomic E-state index is 0.00622. The van der Waals surface area contributed by atoms with Crippen LogP contribution in [0.5, 0.6) is 0 Å². The number of aliphatic hydroxyl groups is 2. The molecule has 0 amide bonds. The van der Waals surface area contributed by atoms with E-state index in [1.807, 2.05) is 18.2 Å². The average Bonchev–Trinajstić information content (AvgIpc) is 2.49. The van der Waals surface area contributed by atoms with Gasteiger partial charge in [0.25, 0.3) is 0 Å². The van der Waals surface area contributed by atoms with Gasteiger partial charge in [-0.1, -0.05) is 43.9 Å². The molecule has 0 fully saturated rings. The van der Waals surface area contributed by atoms with Gasteiger partial charge in [0.05, 0.1) is 5.28 Å². The van der Waals surface area contributed by atoms with Crippen LogP contribution in [-0.2, 0) is 0 Å². The number of benzene rings is 1. The topological polar surface area (TPSA) is 52.5 Å². The van der Waals surface area contributed by atoms with Crippen LogP contribution in [-0.4, -0.2) is 28.7 Å². The Morgan fingerprint density at radius 1 is 0.810 bits per heavy atom. The van der Waals surface area contributed by atoms with Crippen LogP contribution >= 0.6 is 9.24 Å². The fourth-order valence-electron chi connectivity index (χ4n) is 2.52. The second kappa shape index (κ2) is 11.0. The van der Waals surface area contributed by atoms with Gasteiger partial charge in [0.15, 0.2) is 0 Å². The first-order chi connectivity index (χ1) is 10.2. The van der Waals surface area contributed by atoms with Crippen LogP contribution in [0.1, 0.15) is 51.4 Å². The minimum Gasteiger partial charge on any atom is -0.396 e. The number of hydrogen-bond donors (Lipinski definition) is 3. The maximum Gasteiger partial charge on any atom is 0.0511 e. The Morgan fingerprint density at radius 3 is 1.81 bits per heavy atom. The van der Waals surface area contributed by atoms with E-state index in [1.165, 1.54) is 0 Å². The second-order valence-corrected chi connectivity index (χ2v) is 6.82. The van der Waals surface area contributed by atoms with Gasteiger partial charge in [0.2, 0.25) is 0 Å². The highest BCUT2D eigenvalue weighted by Gasteiger charge is 2.23. The third kappa shape index (κ3) is 8.40. The van der Waals surface area contributed by atoms with Gasteiger partial charge in [0.1, 0.15) is 0 Å². The van der Waals surface area contributed by atoms with Crippen molar-refractivity contribution >= 4 is 14.9 Å². The van der Waals surface area contributed by atoms with Gasteiger partial charge >= 0.3 is 0 Å². The van der Waals surface area contributed by atoms with Crippen molar-refractivity contribution in [3.8, 4) is 0 Å². The van der Waals surface area contributed by atoms with Crippen molar-refractivity contribution in [3.05, 3.63) is 30.3 Å². The lowest BCUT2D eigenvalue weighted by atomic mass is 10.0. The molecule has 0 radical (unpaired) electrons. The summed E-state index contributed by atoms with van der Waals surface area (Å²) in [6.07, 6.45) is 8.29. The van der Waals surface area contributed by atoms with Crippen molar-refractivity contribution in [2.45, 2.75) is 56.6 Å². The molecule has 4 heteroatoms. The highest BCUT2D eigenvalue weighted by Crippen LogP contribution is 2.33. The van der Waals surface area contributed by atoms with Crippen molar-refractivity contribution in [1.29, 1.82) is 0 Å². The lowest BCUT2D eigenvalue weighted by molar-refractivity contribution is 0.279. The molecule has 120 valence electrons. The first kappa shape index (κ1) is 18.4. The maximum atomic E-state index is 8.89. The Hall–Kier alpha value is -0.630. The summed E-state index contributed by atoms with van der Waals surface area (Å²) >= 11 is 0. The van der Waals surface area contributed by atoms with Gasteiger partial charge < -0.3 is 15.5 Å². The summed E-state index contributed by atoms with van der Waals surface area (Å²) in [5.74, 6) is 0. The Kier molecular flexibility index (Phi) is 9.65. The third-order valence-corrected chi connectivity index (χ3v) is 4.45. The molecule has 0 aromatic heterocycles. The fourth-order valence-corrected chi connectivity index (χ4v) is 3.09. The Morgan fingerprint density at radius 2 is 1.33 bits per heavy atom. The van der Waals surface area contributed by atoms with Gasteiger partial charge in [-0.05, 0) is 37.8 Å². The normalized spacial score (nSPS) is 11.6. The van der Waals surface area contributed by atoms with Crippen LogP contribution < -0.4 is 5.32 Å². The predicted octanol–water partition coefficient (Wildman–Crippen LogP) is 3.78. The number of anilines is 1. The number of nitrogens with one attached hydrogen (secondary N) is 1. The first-order valence-electron chi connectivity index (χ1n) is 8.04. The summed E-state index contributed by atoms with van der Waals surface area (Å²) in [6, 6.07) is 10.3. The largest absolute Gasteiger partial charge is 0.396 e. The maximum absolute atomic E-state index is 8.89. The Bertz CT molecular complexity index is 347. The molecule has 0 aliphatic rings. The van der Waals surface area contributed by atoms with Gasteiger partial charge in [-0.15, -0.1) is 9.24 Å². The molecule has 0 saturated heterocycles. The van der Waals surface area contributed by atoms with Crippen molar-refractivity contribution in [2.24, 2.45) is 0 Å². The molecule has 0 saturated carbocycles. The summed E-state index contributed by atoms with van der Waals surface area (Å²) in [4.78, 5) is 0. The van der Waals surface area contributed by atoms with E-state index in [1.54, 1.807) is 0 Å². The van der Waals surface area contributed by atoms with Gasteiger partial charge in [-0.3, -0.25) is 0 Å². The van der Waals surface area contributed by atoms with Crippen molar-refractivity contribution in [2.75, 3.05) is 18.5 Å². The lowest BCUT2D eigenvalue weighted by Gasteiger charge is -2.32. The predicted molar refractivity (Wildman–Crippen MR) is 93.6 cm³/mol. The van der Waals surface area contributed by atoms with Crippen LogP contribution in [0.3, 0.4) is 0 Å². The number of rotatable bonds is 12. The molecular weight excluding hydrogens is 281 g/mol. The standard InChI is InChI=1S/C17H30NO2P/c19-14-8-2-6-12-17(21,13-7-3-9-15-20)18-16-10-4-1-5-11-16/h1,4-5,10-11,18-20H,2-3,6-9,12-15,21H2. The molecule has 1 unspecified atom stereocenters. The molecule has 1 rings (SSSR count). The van der Waals surface area contributed by atoms with Crippen LogP contribution in [0, 0.1) is 0 Å². The first-order valence-corrected chi connectivity index (χ1v) is 8.62. The fraction of sp³-hybridized carbons (Fsp3) is 0.647. The minimum absolute atomic E-state index is 0.00622. The van der Waals surface area contributed by atoms with Crippen molar-refractivity contribution in [1.82, 2.24) is 0 Å². The zero-order chi connectivity index (χ0) is 15.4. The number of para-hydroxylation sites is 1. The third-order valence-electron chi connectivity index (χ3n) is 3.73. The molecule has 1 aromatic carbocycles. The molecule has 0 bridgehead atoms. The van der Waals surface area contributed by atoms with E-state index in [-0.39, 0.29) is 18.5 Å². The number of unbranched alkanes of at least 4 members (excludes halogenated alkanes) is 4. The van der Waals surface area contributed by atoms with Crippen molar-refractivity contribution in [3.63, 3.8) is 0 Å². The second-order valence-electron chi connectivity index (χ2n) is 5.72. The molecule has 21 heavy (non-hydrogen) atoms. The Labute approximate surface area is 131 Å². The van der Waals surface area contributed by atoms with Crippen molar-refractivity contribution < 1.29 is 10.2 Å². The lowest BCUT2D eigenvalue weighted by Crippen LogP contribution is -2.31. The van der Waals surface area contributed by atoms with Gasteiger partial charge in [-0.25, -0.2) is 0 Å². The monoisotopic (exact) mass is 311 g/mol. The van der Waals surface area contributed by atoms with Crippen LogP contribution in [0.2, 0.25) is 0 Å². The molecular formula is C17H30NO2P. The van der Waals surface area contributed by atoms with E-state index < -0.39 is 0 Å². The van der Waals surface area contributed by atoms with E-state index in [0.29, 0.717) is 0 Å². The summed E-state index contributed by atoms with van der Waals surface area (Å²) in [7, 11) is 3.00. The highest BCUT2D eigenvalue weighted by atomic mass is 31.0. The van der Waals surface area contributed by atoms with Gasteiger partial charge in [0, 0.05) is 18.9 Å². The quantitative estimate of drug-likeness (QED) is 0.407. The Balaban J connectivity index is 2.50. The molecule has 3 nitrogen and oxygen atoms in total. The summed E-state index contributed by atoms with van der Waals surface area (Å²) in [5.41, 5.74) is 1.15. The van der Waals surface area contributed by atoms with E-state index >= 15 is 0 Å². The van der Waals surface area contributed by atoms with Crippen LogP contribution in [0.25, 0.3) is 0 Å². The van der Waals surface area contributed by atoms with Crippen LogP contribution in [0.4, 0.5) is 5.69 Å². The SMILES string of the molecule is OCCCCCC(P)(CCCCCO)Nc1ccccc1. The molecule has 1 atom stereocenters. The summed E-state index contributed by atoms with van der Waals surface area (Å²) < 4.78 is 0. The molecule has 1 aromatic rings. The highest BCUT2D eigenvalue weighted by molar-refractivity contribution is 7.19. The van der Waals surface area contributed by atoms with E-state index in [0.717, 1.165) is 57.1 Å². The summed E-state index contributed by atoms with van der Waals surface area (Å²) in [6.45, 7) is 0.568. The summed E-state index contributed by atoms with van der Waals surface area (Å²) in [5, 5.41) is 21.4. The van der Waals surface area contributed by atoms with Gasteiger partial charge in [-0.2, -0.15) is 0 Å². The number of aliphatic hydroxyl groups excluding tert-OH is 2. The molecule has 0 heterocycles. The molecule has 3 N–H and O–H groups in total. The smallest absolute Gasteiger partial charge is 0.0511 e. The number of hydrogen-bond acceptors (Lipinski definition) is 3. The zero-order valence-electron chi connectivity index (χ0n) is 12.9. The van der Waals surface area contributed by atoms with E-state index in [9.17, 15) is 0 Å². The van der Waals surface area contributed by atoms with E-state index in [4.69, 9.17) is 10.2 Å². The molecule has 0 aliphatic heterocycles. The van der Waals surface area contributed by atoms with Crippen LogP contribution in [0.15, 0.2) is 30.3 Å². The molecule has 0 spiro atoms. The zero-order valence-corrected chi connectivity index (χ0v) is 14.1. The van der Waals surface area contributed by atoms with E-state index in [2.05, 4.69) is 26.7 Å². The molecule has 0 aliphatic carbocycles. The average molecular weight is 311 g/mol.